The predicted octanol–water partition coefficient (Wildman–Crippen LogP) is 5.46. The van der Waals surface area contributed by atoms with Crippen LogP contribution in [0.1, 0.15) is 29.5 Å². The minimum Gasteiger partial charge on any atom is -0.493 e. The minimum atomic E-state index is -5.26. The molecule has 5 rings (SSSR count). The van der Waals surface area contributed by atoms with Crippen LogP contribution in [-0.4, -0.2) is 41.3 Å². The summed E-state index contributed by atoms with van der Waals surface area (Å²) in [4.78, 5) is 35.0. The van der Waals surface area contributed by atoms with Crippen molar-refractivity contribution >= 4 is 34.6 Å². The lowest BCUT2D eigenvalue weighted by atomic mass is 9.97. The van der Waals surface area contributed by atoms with Gasteiger partial charge in [0, 0.05) is 40.9 Å². The number of alkyl halides is 3. The lowest BCUT2D eigenvalue weighted by Crippen LogP contribution is -2.44. The average Bonchev–Trinajstić information content (AvgIpc) is 3.48. The van der Waals surface area contributed by atoms with Crippen molar-refractivity contribution in [2.45, 2.75) is 24.6 Å². The van der Waals surface area contributed by atoms with Gasteiger partial charge in [0.25, 0.3) is 5.69 Å². The fraction of sp³-hybridized carbons (Fsp3) is 0.231. The van der Waals surface area contributed by atoms with Crippen LogP contribution in [0.2, 0.25) is 0 Å². The molecule has 10 nitrogen and oxygen atoms in total. The quantitative estimate of drug-likeness (QED) is 0.221. The number of nitro groups is 1. The molecule has 0 saturated carbocycles. The number of nitrogens with one attached hydrogen (secondary N) is 1. The molecule has 2 heterocycles. The largest absolute Gasteiger partial charge is 0.493 e. The number of nitrogens with zero attached hydrogens (tertiary/aromatic N) is 2. The van der Waals surface area contributed by atoms with E-state index in [0.29, 0.717) is 10.5 Å². The summed E-state index contributed by atoms with van der Waals surface area (Å²) in [5.41, 5.74) is -0.0229. The Morgan fingerprint density at radius 1 is 1.05 bits per heavy atom. The van der Waals surface area contributed by atoms with Crippen LogP contribution in [0.25, 0.3) is 0 Å². The second-order valence-corrected chi connectivity index (χ2v) is 9.10. The molecule has 0 saturated heterocycles. The van der Waals surface area contributed by atoms with E-state index in [2.05, 4.69) is 5.32 Å². The Balaban J connectivity index is 1.53. The lowest BCUT2D eigenvalue weighted by Gasteiger charge is -2.29. The lowest BCUT2D eigenvalue weighted by molar-refractivity contribution is -0.384. The Kier molecular flexibility index (Phi) is 6.69. The average molecular weight is 561 g/mol. The van der Waals surface area contributed by atoms with E-state index in [4.69, 9.17) is 14.6 Å². The van der Waals surface area contributed by atoms with E-state index in [9.17, 15) is 37.3 Å². The normalized spacial score (nSPS) is 17.3. The smallest absolute Gasteiger partial charge is 0.471 e. The summed E-state index contributed by atoms with van der Waals surface area (Å²) in [5.74, 6) is -4.29. The number of benzene rings is 3. The number of halogens is 4. The summed E-state index contributed by atoms with van der Waals surface area (Å²) in [5, 5.41) is 23.2. The monoisotopic (exact) mass is 561 g/mol. The molecule has 0 fully saturated rings. The molecule has 0 aliphatic carbocycles. The van der Waals surface area contributed by atoms with E-state index in [0.717, 1.165) is 18.2 Å². The van der Waals surface area contributed by atoms with Gasteiger partial charge in [-0.2, -0.15) is 13.2 Å². The zero-order chi connectivity index (χ0) is 28.8. The topological polar surface area (TPSA) is 131 Å². The molecule has 2 aliphatic heterocycles. The van der Waals surface area contributed by atoms with Gasteiger partial charge in [0.2, 0.25) is 0 Å². The fourth-order valence-corrected chi connectivity index (χ4v) is 4.83. The Bertz CT molecular complexity index is 1530. The van der Waals surface area contributed by atoms with Gasteiger partial charge in [-0.05, 0) is 18.2 Å². The van der Waals surface area contributed by atoms with E-state index in [-0.39, 0.29) is 53.8 Å². The molecule has 1 amide bonds. The van der Waals surface area contributed by atoms with Gasteiger partial charge in [0.1, 0.15) is 29.6 Å². The molecule has 208 valence electrons. The zero-order valence-corrected chi connectivity index (χ0v) is 20.3. The van der Waals surface area contributed by atoms with Crippen LogP contribution < -0.4 is 19.7 Å². The Morgan fingerprint density at radius 2 is 1.82 bits per heavy atom. The maximum Gasteiger partial charge on any atom is 0.471 e. The maximum absolute atomic E-state index is 13.8. The number of carbonyl (C=O) groups excluding carboxylic acids is 1. The van der Waals surface area contributed by atoms with Crippen molar-refractivity contribution in [1.29, 1.82) is 0 Å². The molecule has 40 heavy (non-hydrogen) atoms. The number of ether oxygens (including phenoxy) is 2. The van der Waals surface area contributed by atoms with Crippen molar-refractivity contribution in [3.8, 4) is 11.5 Å². The summed E-state index contributed by atoms with van der Waals surface area (Å²) >= 11 is 0. The number of fused-ring (bicyclic) bond motifs is 2. The number of carbonyl (C=O) groups is 2. The molecule has 3 aromatic carbocycles. The minimum absolute atomic E-state index is 0.0227. The number of carboxylic acid groups (broad SMARTS) is 1. The van der Waals surface area contributed by atoms with Crippen LogP contribution in [0.15, 0.2) is 54.6 Å². The molecule has 1 unspecified atom stereocenters. The van der Waals surface area contributed by atoms with Gasteiger partial charge in [-0.25, -0.2) is 4.39 Å². The Labute approximate surface area is 222 Å². The number of para-hydroxylation sites is 1. The van der Waals surface area contributed by atoms with E-state index in [1.807, 2.05) is 0 Å². The van der Waals surface area contributed by atoms with E-state index in [1.165, 1.54) is 36.4 Å². The summed E-state index contributed by atoms with van der Waals surface area (Å²) in [7, 11) is 0. The first-order chi connectivity index (χ1) is 18.9. The third-order valence-electron chi connectivity index (χ3n) is 6.56. The number of rotatable bonds is 7. The first kappa shape index (κ1) is 26.7. The fourth-order valence-electron chi connectivity index (χ4n) is 4.83. The van der Waals surface area contributed by atoms with Gasteiger partial charge >= 0.3 is 18.1 Å². The number of hydrogen-bond acceptors (Lipinski definition) is 7. The zero-order valence-electron chi connectivity index (χ0n) is 20.3. The number of carboxylic acids is 1. The van der Waals surface area contributed by atoms with E-state index < -0.39 is 46.4 Å². The highest BCUT2D eigenvalue weighted by molar-refractivity contribution is 5.98. The third-order valence-corrected chi connectivity index (χ3v) is 6.56. The van der Waals surface area contributed by atoms with Crippen molar-refractivity contribution in [3.63, 3.8) is 0 Å². The Hall–Kier alpha value is -4.88. The number of aliphatic carboxylic acids is 1. The van der Waals surface area contributed by atoms with Crippen molar-refractivity contribution in [1.82, 2.24) is 0 Å². The molecule has 0 aromatic heterocycles. The molecule has 0 spiro atoms. The number of hydrogen-bond donors (Lipinski definition) is 2. The van der Waals surface area contributed by atoms with Gasteiger partial charge in [-0.1, -0.05) is 18.2 Å². The van der Waals surface area contributed by atoms with Crippen LogP contribution in [0.5, 0.6) is 11.5 Å². The third kappa shape index (κ3) is 4.95. The predicted molar refractivity (Wildman–Crippen MR) is 131 cm³/mol. The molecule has 2 atom stereocenters. The maximum atomic E-state index is 13.8. The van der Waals surface area contributed by atoms with Crippen molar-refractivity contribution in [2.75, 3.05) is 23.4 Å². The first-order valence-corrected chi connectivity index (χ1v) is 11.8. The molecule has 0 radical (unpaired) electrons. The van der Waals surface area contributed by atoms with Crippen molar-refractivity contribution < 1.29 is 46.7 Å². The first-order valence-electron chi connectivity index (χ1n) is 11.8. The summed E-state index contributed by atoms with van der Waals surface area (Å²) in [6, 6.07) is 9.81. The van der Waals surface area contributed by atoms with Crippen molar-refractivity contribution in [2.24, 2.45) is 0 Å². The van der Waals surface area contributed by atoms with Gasteiger partial charge in [0.05, 0.1) is 29.7 Å². The summed E-state index contributed by atoms with van der Waals surface area (Å²) in [6.45, 7) is -0.365. The van der Waals surface area contributed by atoms with Crippen LogP contribution in [0, 0.1) is 15.9 Å². The van der Waals surface area contributed by atoms with Gasteiger partial charge < -0.3 is 19.9 Å². The van der Waals surface area contributed by atoms with Crippen LogP contribution >= 0.6 is 0 Å². The molecular formula is C26H19F4N3O7. The highest BCUT2D eigenvalue weighted by Gasteiger charge is 2.48. The Morgan fingerprint density at radius 3 is 2.52 bits per heavy atom. The highest BCUT2D eigenvalue weighted by atomic mass is 19.4. The van der Waals surface area contributed by atoms with Gasteiger partial charge in [0.15, 0.2) is 0 Å². The number of anilines is 3. The molecule has 2 N–H and O–H groups in total. The van der Waals surface area contributed by atoms with E-state index in [1.54, 1.807) is 0 Å². The number of nitro benzene ring substituents is 1. The standard InChI is InChI=1S/C26H19F4N3O7/c27-14-4-7-20(33(37)38)19(9-14)31-18-3-1-2-17-21(12-40-24(17)18)32(25(36)26(28,29)30)15-5-6-16-13(8-23(34)35)11-39-22(16)10-15/h1-7,9-10,13,21,31H,8,11-12H2,(H,34,35)/t13-,21?/m1/s1. The second-order valence-electron chi connectivity index (χ2n) is 9.10. The van der Waals surface area contributed by atoms with Gasteiger partial charge in [-0.3, -0.25) is 24.6 Å². The molecule has 3 aromatic rings. The second kappa shape index (κ2) is 10.0. The van der Waals surface area contributed by atoms with E-state index >= 15 is 0 Å². The van der Waals surface area contributed by atoms with Crippen LogP contribution in [0.4, 0.5) is 40.3 Å². The van der Waals surface area contributed by atoms with Crippen LogP contribution in [0.3, 0.4) is 0 Å². The SMILES string of the molecule is O=C(O)C[C@@H]1COc2cc(N(C(=O)C(F)(F)F)C3COc4c(Nc5cc(F)ccc5[N+](=O)[O-])cccc43)ccc21. The molecule has 14 heteroatoms. The summed E-state index contributed by atoms with van der Waals surface area (Å²) in [6.07, 6.45) is -5.49. The van der Waals surface area contributed by atoms with Gasteiger partial charge in [-0.15, -0.1) is 0 Å². The molecular weight excluding hydrogens is 542 g/mol. The highest BCUT2D eigenvalue weighted by Crippen LogP contribution is 2.47. The molecule has 0 bridgehead atoms. The number of amides is 1. The van der Waals surface area contributed by atoms with Crippen molar-refractivity contribution in [3.05, 3.63) is 81.7 Å². The van der Waals surface area contributed by atoms with Crippen LogP contribution in [-0.2, 0) is 9.59 Å². The molecule has 2 aliphatic rings. The summed E-state index contributed by atoms with van der Waals surface area (Å²) < 4.78 is 66.4.